The van der Waals surface area contributed by atoms with Gasteiger partial charge in [0.15, 0.2) is 0 Å². The Bertz CT molecular complexity index is 485. The molecule has 1 saturated carbocycles. The van der Waals surface area contributed by atoms with E-state index in [1.807, 2.05) is 26.0 Å². The van der Waals surface area contributed by atoms with Gasteiger partial charge in [-0.05, 0) is 49.9 Å². The summed E-state index contributed by atoms with van der Waals surface area (Å²) in [4.78, 5) is 12.1. The molecule has 2 rings (SSSR count). The van der Waals surface area contributed by atoms with Crippen molar-refractivity contribution in [3.05, 3.63) is 33.8 Å². The molecular formula is C14H19Cl3N2O. The number of halogens is 3. The van der Waals surface area contributed by atoms with Crippen LogP contribution in [0.4, 0.5) is 0 Å². The summed E-state index contributed by atoms with van der Waals surface area (Å²) in [7, 11) is 0. The van der Waals surface area contributed by atoms with Gasteiger partial charge in [0.1, 0.15) is 0 Å². The number of carbonyl (C=O) groups excluding carboxylic acids is 1. The summed E-state index contributed by atoms with van der Waals surface area (Å²) in [5, 5.41) is 4.18. The Hall–Kier alpha value is -0.480. The van der Waals surface area contributed by atoms with Crippen LogP contribution in [-0.2, 0) is 4.79 Å². The fraction of sp³-hybridized carbons (Fsp3) is 0.500. The van der Waals surface area contributed by atoms with Crippen LogP contribution in [0.3, 0.4) is 0 Å². The Morgan fingerprint density at radius 3 is 2.40 bits per heavy atom. The third-order valence-electron chi connectivity index (χ3n) is 3.41. The van der Waals surface area contributed by atoms with Crippen molar-refractivity contribution in [2.24, 2.45) is 11.7 Å². The number of hydrogen-bond acceptors (Lipinski definition) is 2. The van der Waals surface area contributed by atoms with Gasteiger partial charge >= 0.3 is 0 Å². The molecule has 6 heteroatoms. The molecule has 0 aromatic heterocycles. The Morgan fingerprint density at radius 1 is 1.35 bits per heavy atom. The van der Waals surface area contributed by atoms with Gasteiger partial charge in [-0.15, -0.1) is 12.4 Å². The average molecular weight is 338 g/mol. The first kappa shape index (κ1) is 17.6. The number of nitrogens with one attached hydrogen (secondary N) is 1. The Kier molecular flexibility index (Phi) is 5.73. The van der Waals surface area contributed by atoms with Gasteiger partial charge < -0.3 is 11.1 Å². The maximum atomic E-state index is 12.1. The number of hydrogen-bond donors (Lipinski definition) is 2. The topological polar surface area (TPSA) is 55.1 Å². The lowest BCUT2D eigenvalue weighted by molar-refractivity contribution is -0.123. The SMILES string of the molecule is CC(C)(CN)NC(=O)C1CC1c1cc(Cl)cc(Cl)c1.Cl. The molecule has 1 aromatic rings. The molecule has 112 valence electrons. The van der Waals surface area contributed by atoms with Crippen LogP contribution in [0.25, 0.3) is 0 Å². The largest absolute Gasteiger partial charge is 0.350 e. The molecule has 1 aliphatic rings. The third-order valence-corrected chi connectivity index (χ3v) is 3.85. The molecular weight excluding hydrogens is 319 g/mol. The van der Waals surface area contributed by atoms with Gasteiger partial charge in [0.25, 0.3) is 0 Å². The van der Waals surface area contributed by atoms with E-state index in [0.29, 0.717) is 16.6 Å². The lowest BCUT2D eigenvalue weighted by Gasteiger charge is -2.24. The molecule has 1 aliphatic carbocycles. The van der Waals surface area contributed by atoms with Crippen LogP contribution >= 0.6 is 35.6 Å². The van der Waals surface area contributed by atoms with Crippen LogP contribution in [-0.4, -0.2) is 18.0 Å². The van der Waals surface area contributed by atoms with Crippen molar-refractivity contribution < 1.29 is 4.79 Å². The highest BCUT2D eigenvalue weighted by Gasteiger charge is 2.45. The van der Waals surface area contributed by atoms with Gasteiger partial charge in [0.05, 0.1) is 0 Å². The van der Waals surface area contributed by atoms with Gasteiger partial charge in [-0.2, -0.15) is 0 Å². The summed E-state index contributed by atoms with van der Waals surface area (Å²) >= 11 is 12.0. The monoisotopic (exact) mass is 336 g/mol. The van der Waals surface area contributed by atoms with Crippen molar-refractivity contribution in [3.63, 3.8) is 0 Å². The lowest BCUT2D eigenvalue weighted by atomic mass is 10.0. The van der Waals surface area contributed by atoms with E-state index in [2.05, 4.69) is 5.32 Å². The molecule has 1 aromatic carbocycles. The minimum absolute atomic E-state index is 0. The second-order valence-electron chi connectivity index (χ2n) is 5.73. The highest BCUT2D eigenvalue weighted by atomic mass is 35.5. The Balaban J connectivity index is 0.00000200. The fourth-order valence-corrected chi connectivity index (χ4v) is 2.66. The predicted octanol–water partition coefficient (Wildman–Crippen LogP) is 3.37. The smallest absolute Gasteiger partial charge is 0.224 e. The zero-order valence-corrected chi connectivity index (χ0v) is 13.8. The van der Waals surface area contributed by atoms with E-state index in [1.54, 1.807) is 6.07 Å². The van der Waals surface area contributed by atoms with Gasteiger partial charge in [0, 0.05) is 28.0 Å². The zero-order chi connectivity index (χ0) is 14.2. The van der Waals surface area contributed by atoms with Crippen LogP contribution in [0.15, 0.2) is 18.2 Å². The average Bonchev–Trinajstić information content (AvgIpc) is 3.07. The summed E-state index contributed by atoms with van der Waals surface area (Å²) in [5.41, 5.74) is 6.28. The molecule has 0 saturated heterocycles. The number of benzene rings is 1. The van der Waals surface area contributed by atoms with Crippen molar-refractivity contribution in [3.8, 4) is 0 Å². The molecule has 1 amide bonds. The number of nitrogens with two attached hydrogens (primary N) is 1. The first-order valence-corrected chi connectivity index (χ1v) is 7.06. The molecule has 3 nitrogen and oxygen atoms in total. The predicted molar refractivity (Wildman–Crippen MR) is 85.8 cm³/mol. The van der Waals surface area contributed by atoms with Crippen LogP contribution < -0.4 is 11.1 Å². The molecule has 1 fully saturated rings. The molecule has 0 radical (unpaired) electrons. The molecule has 20 heavy (non-hydrogen) atoms. The summed E-state index contributed by atoms with van der Waals surface area (Å²) in [6.07, 6.45) is 0.836. The highest BCUT2D eigenvalue weighted by molar-refractivity contribution is 6.34. The van der Waals surface area contributed by atoms with Crippen molar-refractivity contribution in [2.75, 3.05) is 6.54 Å². The first-order chi connectivity index (χ1) is 8.82. The Morgan fingerprint density at radius 2 is 1.90 bits per heavy atom. The van der Waals surface area contributed by atoms with Crippen LogP contribution in [0, 0.1) is 5.92 Å². The second-order valence-corrected chi connectivity index (χ2v) is 6.60. The van der Waals surface area contributed by atoms with Crippen molar-refractivity contribution in [1.82, 2.24) is 5.32 Å². The molecule has 0 bridgehead atoms. The summed E-state index contributed by atoms with van der Waals surface area (Å²) in [5.74, 6) is 0.265. The Labute approximate surface area is 135 Å². The van der Waals surface area contributed by atoms with Crippen LogP contribution in [0.5, 0.6) is 0 Å². The summed E-state index contributed by atoms with van der Waals surface area (Å²) in [6, 6.07) is 5.44. The first-order valence-electron chi connectivity index (χ1n) is 6.30. The minimum Gasteiger partial charge on any atom is -0.350 e. The third kappa shape index (κ3) is 4.26. The lowest BCUT2D eigenvalue weighted by Crippen LogP contribution is -2.49. The van der Waals surface area contributed by atoms with Crippen molar-refractivity contribution in [1.29, 1.82) is 0 Å². The maximum absolute atomic E-state index is 12.1. The highest BCUT2D eigenvalue weighted by Crippen LogP contribution is 2.48. The zero-order valence-electron chi connectivity index (χ0n) is 11.5. The molecule has 3 N–H and O–H groups in total. The van der Waals surface area contributed by atoms with E-state index >= 15 is 0 Å². The van der Waals surface area contributed by atoms with E-state index in [1.165, 1.54) is 0 Å². The van der Waals surface area contributed by atoms with Crippen molar-refractivity contribution in [2.45, 2.75) is 31.7 Å². The summed E-state index contributed by atoms with van der Waals surface area (Å²) < 4.78 is 0. The normalized spacial score (nSPS) is 21.1. The van der Waals surface area contributed by atoms with Crippen molar-refractivity contribution >= 4 is 41.5 Å². The number of rotatable bonds is 4. The fourth-order valence-electron chi connectivity index (χ4n) is 2.12. The molecule has 0 heterocycles. The van der Waals surface area contributed by atoms with Crippen LogP contribution in [0.2, 0.25) is 10.0 Å². The molecule has 0 spiro atoms. The van der Waals surface area contributed by atoms with E-state index in [-0.39, 0.29) is 35.7 Å². The van der Waals surface area contributed by atoms with E-state index in [9.17, 15) is 4.79 Å². The van der Waals surface area contributed by atoms with E-state index in [4.69, 9.17) is 28.9 Å². The number of carbonyl (C=O) groups is 1. The maximum Gasteiger partial charge on any atom is 0.224 e. The van der Waals surface area contributed by atoms with E-state index < -0.39 is 0 Å². The molecule has 0 aliphatic heterocycles. The van der Waals surface area contributed by atoms with E-state index in [0.717, 1.165) is 12.0 Å². The molecule has 2 atom stereocenters. The van der Waals surface area contributed by atoms with Gasteiger partial charge in [-0.25, -0.2) is 0 Å². The van der Waals surface area contributed by atoms with Gasteiger partial charge in [0.2, 0.25) is 5.91 Å². The number of amides is 1. The van der Waals surface area contributed by atoms with Crippen LogP contribution in [0.1, 0.15) is 31.7 Å². The van der Waals surface area contributed by atoms with Gasteiger partial charge in [-0.3, -0.25) is 4.79 Å². The second kappa shape index (κ2) is 6.52. The minimum atomic E-state index is -0.365. The molecule has 2 unspecified atom stereocenters. The standard InChI is InChI=1S/C14H18Cl2N2O.ClH/c1-14(2,7-17)18-13(19)12-6-11(12)8-3-9(15)5-10(16)4-8;/h3-5,11-12H,6-7,17H2,1-2H3,(H,18,19);1H. The van der Waals surface area contributed by atoms with Gasteiger partial charge in [-0.1, -0.05) is 23.2 Å². The summed E-state index contributed by atoms with van der Waals surface area (Å²) in [6.45, 7) is 4.25. The quantitative estimate of drug-likeness (QED) is 0.885.